The van der Waals surface area contributed by atoms with Gasteiger partial charge in [-0.25, -0.2) is 0 Å². The summed E-state index contributed by atoms with van der Waals surface area (Å²) < 4.78 is 0. The zero-order chi connectivity index (χ0) is 9.38. The summed E-state index contributed by atoms with van der Waals surface area (Å²) in [6.07, 6.45) is 5.44. The maximum atomic E-state index is 3.52. The van der Waals surface area contributed by atoms with E-state index in [0.29, 0.717) is 0 Å². The first-order chi connectivity index (χ1) is 6.95. The summed E-state index contributed by atoms with van der Waals surface area (Å²) in [5.41, 5.74) is 4.89. The number of aryl methyl sites for hydroxylation is 1. The van der Waals surface area contributed by atoms with Crippen LogP contribution in [0, 0.1) is 0 Å². The summed E-state index contributed by atoms with van der Waals surface area (Å²) in [7, 11) is 0. The van der Waals surface area contributed by atoms with E-state index in [-0.39, 0.29) is 0 Å². The first-order valence-corrected chi connectivity index (χ1v) is 5.76. The molecule has 1 aromatic rings. The van der Waals surface area contributed by atoms with Crippen molar-refractivity contribution in [1.82, 2.24) is 5.32 Å². The molecular formula is C13H17N. The summed E-state index contributed by atoms with van der Waals surface area (Å²) in [6, 6.07) is 6.86. The molecule has 2 aliphatic rings. The lowest BCUT2D eigenvalue weighted by Crippen LogP contribution is -2.12. The molecule has 1 heteroatoms. The quantitative estimate of drug-likeness (QED) is 0.658. The maximum Gasteiger partial charge on any atom is 0.0208 e. The minimum atomic E-state index is 0.852. The summed E-state index contributed by atoms with van der Waals surface area (Å²) in [4.78, 5) is 0. The van der Waals surface area contributed by atoms with E-state index in [1.165, 1.54) is 32.2 Å². The second-order valence-electron chi connectivity index (χ2n) is 4.54. The fourth-order valence-electron chi connectivity index (χ4n) is 3.03. The zero-order valence-electron chi connectivity index (χ0n) is 8.55. The molecule has 1 N–H and O–H groups in total. The third-order valence-corrected chi connectivity index (χ3v) is 3.68. The minimum absolute atomic E-state index is 0.852. The van der Waals surface area contributed by atoms with Crippen LogP contribution < -0.4 is 5.32 Å². The molecule has 1 nitrogen and oxygen atoms in total. The van der Waals surface area contributed by atoms with Crippen LogP contribution >= 0.6 is 0 Å². The van der Waals surface area contributed by atoms with Crippen LogP contribution in [0.15, 0.2) is 18.2 Å². The van der Waals surface area contributed by atoms with Gasteiger partial charge in [-0.1, -0.05) is 18.2 Å². The maximum absolute atomic E-state index is 3.52. The molecule has 0 spiro atoms. The molecular weight excluding hydrogens is 170 g/mol. The summed E-state index contributed by atoms with van der Waals surface area (Å²) >= 11 is 0. The highest BCUT2D eigenvalue weighted by Crippen LogP contribution is 2.37. The molecule has 0 saturated heterocycles. The van der Waals surface area contributed by atoms with Gasteiger partial charge in [0.05, 0.1) is 0 Å². The average molecular weight is 187 g/mol. The van der Waals surface area contributed by atoms with Crippen LogP contribution in [0.4, 0.5) is 0 Å². The molecule has 1 heterocycles. The van der Waals surface area contributed by atoms with Crippen LogP contribution in [0.5, 0.6) is 0 Å². The molecule has 1 aliphatic carbocycles. The lowest BCUT2D eigenvalue weighted by molar-refractivity contribution is 0.518. The fourth-order valence-corrected chi connectivity index (χ4v) is 3.03. The number of benzene rings is 1. The van der Waals surface area contributed by atoms with Crippen LogP contribution in [-0.4, -0.2) is 6.54 Å². The molecule has 1 atom stereocenters. The Balaban J connectivity index is 2.14. The van der Waals surface area contributed by atoms with Gasteiger partial charge in [0.1, 0.15) is 0 Å². The Morgan fingerprint density at radius 3 is 3.07 bits per heavy atom. The minimum Gasteiger partial charge on any atom is -0.313 e. The largest absolute Gasteiger partial charge is 0.313 e. The summed E-state index contributed by atoms with van der Waals surface area (Å²) in [6.45, 7) is 2.28. The molecule has 14 heavy (non-hydrogen) atoms. The van der Waals surface area contributed by atoms with Gasteiger partial charge in [0, 0.05) is 6.54 Å². The van der Waals surface area contributed by atoms with E-state index in [0.717, 1.165) is 12.5 Å². The number of hydrogen-bond donors (Lipinski definition) is 1. The Labute approximate surface area is 85.5 Å². The molecule has 0 saturated carbocycles. The smallest absolute Gasteiger partial charge is 0.0208 e. The van der Waals surface area contributed by atoms with E-state index >= 15 is 0 Å². The first kappa shape index (κ1) is 8.49. The van der Waals surface area contributed by atoms with Gasteiger partial charge in [-0.05, 0) is 54.8 Å². The Morgan fingerprint density at radius 2 is 2.07 bits per heavy atom. The fraction of sp³-hybridized carbons (Fsp3) is 0.538. The Bertz CT molecular complexity index is 343. The second kappa shape index (κ2) is 3.39. The average Bonchev–Trinajstić information content (AvgIpc) is 2.44. The van der Waals surface area contributed by atoms with E-state index in [9.17, 15) is 0 Å². The van der Waals surface area contributed by atoms with Crippen molar-refractivity contribution in [3.05, 3.63) is 34.9 Å². The van der Waals surface area contributed by atoms with E-state index < -0.39 is 0 Å². The molecule has 0 amide bonds. The van der Waals surface area contributed by atoms with Crippen LogP contribution in [-0.2, 0) is 13.0 Å². The summed E-state index contributed by atoms with van der Waals surface area (Å²) in [5, 5.41) is 3.52. The molecule has 0 radical (unpaired) electrons. The second-order valence-corrected chi connectivity index (χ2v) is 4.54. The SMILES string of the molecule is c1cc2c3c(c1)CNCCC3CCC2. The van der Waals surface area contributed by atoms with E-state index in [2.05, 4.69) is 23.5 Å². The van der Waals surface area contributed by atoms with Gasteiger partial charge in [-0.3, -0.25) is 0 Å². The molecule has 0 aromatic heterocycles. The third kappa shape index (κ3) is 1.27. The summed E-state index contributed by atoms with van der Waals surface area (Å²) in [5.74, 6) is 0.852. The molecule has 3 rings (SSSR count). The van der Waals surface area contributed by atoms with Gasteiger partial charge in [0.2, 0.25) is 0 Å². The zero-order valence-corrected chi connectivity index (χ0v) is 8.55. The molecule has 1 aromatic carbocycles. The van der Waals surface area contributed by atoms with Crippen molar-refractivity contribution in [3.63, 3.8) is 0 Å². The number of rotatable bonds is 0. The van der Waals surface area contributed by atoms with Crippen molar-refractivity contribution >= 4 is 0 Å². The Kier molecular flexibility index (Phi) is 2.06. The number of hydrogen-bond acceptors (Lipinski definition) is 1. The van der Waals surface area contributed by atoms with Crippen molar-refractivity contribution in [1.29, 1.82) is 0 Å². The topological polar surface area (TPSA) is 12.0 Å². The van der Waals surface area contributed by atoms with Crippen LogP contribution in [0.25, 0.3) is 0 Å². The highest BCUT2D eigenvalue weighted by atomic mass is 14.9. The van der Waals surface area contributed by atoms with Crippen molar-refractivity contribution in [2.45, 2.75) is 38.1 Å². The standard InChI is InChI=1S/C13H17N/c1-3-10-4-2-6-12-9-14-8-7-11(5-1)13(10)12/h2,4,6,11,14H,1,3,5,7-9H2. The number of nitrogens with one attached hydrogen (secondary N) is 1. The molecule has 74 valence electrons. The lowest BCUT2D eigenvalue weighted by atomic mass is 9.79. The molecule has 1 aliphatic heterocycles. The van der Waals surface area contributed by atoms with Crippen molar-refractivity contribution in [2.24, 2.45) is 0 Å². The first-order valence-electron chi connectivity index (χ1n) is 5.76. The van der Waals surface area contributed by atoms with Gasteiger partial charge in [0.15, 0.2) is 0 Å². The van der Waals surface area contributed by atoms with Gasteiger partial charge in [-0.2, -0.15) is 0 Å². The third-order valence-electron chi connectivity index (χ3n) is 3.68. The molecule has 0 fully saturated rings. The van der Waals surface area contributed by atoms with Crippen molar-refractivity contribution in [3.8, 4) is 0 Å². The monoisotopic (exact) mass is 187 g/mol. The Morgan fingerprint density at radius 1 is 1.14 bits per heavy atom. The lowest BCUT2D eigenvalue weighted by Gasteiger charge is -2.25. The van der Waals surface area contributed by atoms with Gasteiger partial charge < -0.3 is 5.32 Å². The highest BCUT2D eigenvalue weighted by molar-refractivity contribution is 5.40. The predicted molar refractivity (Wildman–Crippen MR) is 58.4 cm³/mol. The van der Waals surface area contributed by atoms with Crippen LogP contribution in [0.2, 0.25) is 0 Å². The predicted octanol–water partition coefficient (Wildman–Crippen LogP) is 2.60. The van der Waals surface area contributed by atoms with Crippen LogP contribution in [0.1, 0.15) is 41.9 Å². The Hall–Kier alpha value is -0.820. The van der Waals surface area contributed by atoms with Gasteiger partial charge in [-0.15, -0.1) is 0 Å². The molecule has 1 unspecified atom stereocenters. The highest BCUT2D eigenvalue weighted by Gasteiger charge is 2.24. The molecule has 0 bridgehead atoms. The van der Waals surface area contributed by atoms with Crippen molar-refractivity contribution < 1.29 is 0 Å². The van der Waals surface area contributed by atoms with E-state index in [4.69, 9.17) is 0 Å². The van der Waals surface area contributed by atoms with Crippen LogP contribution in [0.3, 0.4) is 0 Å². The van der Waals surface area contributed by atoms with Gasteiger partial charge in [0.25, 0.3) is 0 Å². The van der Waals surface area contributed by atoms with Gasteiger partial charge >= 0.3 is 0 Å². The van der Waals surface area contributed by atoms with E-state index in [1.807, 2.05) is 0 Å². The van der Waals surface area contributed by atoms with E-state index in [1.54, 1.807) is 16.7 Å². The normalized spacial score (nSPS) is 25.3. The van der Waals surface area contributed by atoms with Crippen molar-refractivity contribution in [2.75, 3.05) is 6.54 Å².